The number of alkyl halides is 5. The van der Waals surface area contributed by atoms with Gasteiger partial charge in [0.25, 0.3) is 5.91 Å². The highest BCUT2D eigenvalue weighted by Crippen LogP contribution is 2.21. The van der Waals surface area contributed by atoms with Crippen LogP contribution in [0.25, 0.3) is 0 Å². The van der Waals surface area contributed by atoms with Gasteiger partial charge in [0.05, 0.1) is 19.6 Å². The number of nitrogens with one attached hydrogen (secondary N) is 2. The first kappa shape index (κ1) is 29.3. The molecule has 0 spiro atoms. The molecule has 202 valence electrons. The van der Waals surface area contributed by atoms with E-state index in [-0.39, 0.29) is 30.1 Å². The lowest BCUT2D eigenvalue weighted by Gasteiger charge is -2.19. The van der Waals surface area contributed by atoms with Gasteiger partial charge in [-0.3, -0.25) is 14.4 Å². The highest BCUT2D eigenvalue weighted by Gasteiger charge is 2.27. The van der Waals surface area contributed by atoms with Crippen molar-refractivity contribution in [2.75, 3.05) is 19.8 Å². The molecule has 0 aliphatic heterocycles. The maximum atomic E-state index is 12.7. The second kappa shape index (κ2) is 14.0. The minimum atomic E-state index is -4.36. The van der Waals surface area contributed by atoms with Crippen LogP contribution in [0.5, 0.6) is 11.5 Å². The summed E-state index contributed by atoms with van der Waals surface area (Å²) in [6, 6.07) is 9.47. The fourth-order valence-corrected chi connectivity index (χ4v) is 2.98. The van der Waals surface area contributed by atoms with Crippen LogP contribution in [0.15, 0.2) is 48.5 Å². The number of carbonyl (C=O) groups excluding carboxylic acids is 3. The van der Waals surface area contributed by atoms with Crippen LogP contribution in [0.4, 0.5) is 22.0 Å². The molecule has 0 fully saturated rings. The fourth-order valence-electron chi connectivity index (χ4n) is 2.98. The predicted octanol–water partition coefficient (Wildman–Crippen LogP) is 3.64. The summed E-state index contributed by atoms with van der Waals surface area (Å²) in [5, 5.41) is 4.89. The molecule has 0 unspecified atom stereocenters. The minimum absolute atomic E-state index is 0.0615. The number of carbonyl (C=O) groups is 3. The third-order valence-electron chi connectivity index (χ3n) is 4.69. The molecule has 2 aromatic carbocycles. The van der Waals surface area contributed by atoms with E-state index in [4.69, 9.17) is 9.47 Å². The molecule has 0 aliphatic carbocycles. The number of rotatable bonds is 13. The number of benzene rings is 2. The molecule has 2 amide bonds. The SMILES string of the molecule is CCOC(=O)CNC(=O)[C@H](Cc1ccc(OC(F)F)cc1)NC(=O)c1ccc(OCCC(F)(F)F)cc1. The Morgan fingerprint density at radius 2 is 1.57 bits per heavy atom. The van der Waals surface area contributed by atoms with Gasteiger partial charge in [-0.2, -0.15) is 22.0 Å². The maximum Gasteiger partial charge on any atom is 0.392 e. The summed E-state index contributed by atoms with van der Waals surface area (Å²) in [6.45, 7) is -2.33. The van der Waals surface area contributed by atoms with E-state index in [1.165, 1.54) is 48.5 Å². The molecule has 0 saturated carbocycles. The molecule has 0 bridgehead atoms. The van der Waals surface area contributed by atoms with Crippen LogP contribution in [0.2, 0.25) is 0 Å². The Bertz CT molecular complexity index is 1030. The third-order valence-corrected chi connectivity index (χ3v) is 4.69. The first-order valence-electron chi connectivity index (χ1n) is 11.0. The van der Waals surface area contributed by atoms with Gasteiger partial charge < -0.3 is 24.8 Å². The predicted molar refractivity (Wildman–Crippen MR) is 120 cm³/mol. The molecule has 2 aromatic rings. The average Bonchev–Trinajstić information content (AvgIpc) is 2.82. The van der Waals surface area contributed by atoms with Crippen molar-refractivity contribution in [3.8, 4) is 11.5 Å². The molecule has 0 radical (unpaired) electrons. The van der Waals surface area contributed by atoms with Gasteiger partial charge in [-0.05, 0) is 48.9 Å². The van der Waals surface area contributed by atoms with Crippen molar-refractivity contribution in [2.24, 2.45) is 0 Å². The maximum absolute atomic E-state index is 12.7. The zero-order chi connectivity index (χ0) is 27.4. The number of hydrogen-bond donors (Lipinski definition) is 2. The second-order valence-electron chi connectivity index (χ2n) is 7.51. The van der Waals surface area contributed by atoms with Crippen molar-refractivity contribution in [3.05, 3.63) is 59.7 Å². The van der Waals surface area contributed by atoms with E-state index in [9.17, 15) is 36.3 Å². The molecule has 2 N–H and O–H groups in total. The fraction of sp³-hybridized carbons (Fsp3) is 0.375. The molecule has 8 nitrogen and oxygen atoms in total. The molecule has 0 heterocycles. The van der Waals surface area contributed by atoms with Gasteiger partial charge in [0, 0.05) is 12.0 Å². The van der Waals surface area contributed by atoms with E-state index < -0.39 is 56.2 Å². The van der Waals surface area contributed by atoms with Gasteiger partial charge in [0.1, 0.15) is 24.1 Å². The smallest absolute Gasteiger partial charge is 0.392 e. The standard InChI is InChI=1S/C24H25F5N2O6/c1-2-35-20(32)14-30-22(34)19(13-15-3-7-18(8-4-15)37-23(25)26)31-21(33)16-5-9-17(10-6-16)36-12-11-24(27,28)29/h3-10,19,23H,2,11-14H2,1H3,(H,30,34)(H,31,33)/t19-/m0/s1. The zero-order valence-electron chi connectivity index (χ0n) is 19.6. The number of halogens is 5. The topological polar surface area (TPSA) is 103 Å². The largest absolute Gasteiger partial charge is 0.493 e. The number of esters is 1. The molecular weight excluding hydrogens is 507 g/mol. The lowest BCUT2D eigenvalue weighted by molar-refractivity contribution is -0.143. The summed E-state index contributed by atoms with van der Waals surface area (Å²) in [5.74, 6) is -2.05. The van der Waals surface area contributed by atoms with E-state index in [2.05, 4.69) is 15.4 Å². The normalized spacial score (nSPS) is 12.0. The third kappa shape index (κ3) is 11.1. The Hall–Kier alpha value is -3.90. The average molecular weight is 532 g/mol. The van der Waals surface area contributed by atoms with Crippen LogP contribution in [-0.4, -0.2) is 56.4 Å². The van der Waals surface area contributed by atoms with Crippen LogP contribution < -0.4 is 20.1 Å². The molecule has 13 heteroatoms. The molecule has 0 aromatic heterocycles. The number of ether oxygens (including phenoxy) is 3. The molecular formula is C24H25F5N2O6. The lowest BCUT2D eigenvalue weighted by Crippen LogP contribution is -2.49. The molecule has 0 saturated heterocycles. The van der Waals surface area contributed by atoms with Crippen LogP contribution in [0.3, 0.4) is 0 Å². The van der Waals surface area contributed by atoms with E-state index in [0.717, 1.165) is 0 Å². The van der Waals surface area contributed by atoms with Gasteiger partial charge in [0.2, 0.25) is 5.91 Å². The summed E-state index contributed by atoms with van der Waals surface area (Å²) >= 11 is 0. The van der Waals surface area contributed by atoms with Gasteiger partial charge in [-0.15, -0.1) is 0 Å². The molecule has 37 heavy (non-hydrogen) atoms. The molecule has 1 atom stereocenters. The van der Waals surface area contributed by atoms with E-state index in [1.807, 2.05) is 0 Å². The Kier molecular flexibility index (Phi) is 11.1. The van der Waals surface area contributed by atoms with E-state index in [0.29, 0.717) is 5.56 Å². The number of amides is 2. The first-order valence-corrected chi connectivity index (χ1v) is 11.0. The summed E-state index contributed by atoms with van der Waals surface area (Å²) < 4.78 is 75.5. The van der Waals surface area contributed by atoms with Crippen LogP contribution in [0.1, 0.15) is 29.3 Å². The molecule has 2 rings (SSSR count). The van der Waals surface area contributed by atoms with Crippen molar-refractivity contribution in [3.63, 3.8) is 0 Å². The summed E-state index contributed by atoms with van der Waals surface area (Å²) in [5.41, 5.74) is 0.582. The van der Waals surface area contributed by atoms with Crippen molar-refractivity contribution >= 4 is 17.8 Å². The Labute approximate surface area is 209 Å². The van der Waals surface area contributed by atoms with Gasteiger partial charge in [-0.1, -0.05) is 12.1 Å². The van der Waals surface area contributed by atoms with Crippen molar-refractivity contribution in [1.82, 2.24) is 10.6 Å². The monoisotopic (exact) mass is 532 g/mol. The first-order chi connectivity index (χ1) is 17.5. The Balaban J connectivity index is 2.08. The Morgan fingerprint density at radius 1 is 0.946 bits per heavy atom. The van der Waals surface area contributed by atoms with Gasteiger partial charge >= 0.3 is 18.8 Å². The van der Waals surface area contributed by atoms with Gasteiger partial charge in [0.15, 0.2) is 0 Å². The van der Waals surface area contributed by atoms with Crippen molar-refractivity contribution < 1.29 is 50.5 Å². The van der Waals surface area contributed by atoms with E-state index in [1.54, 1.807) is 6.92 Å². The summed E-state index contributed by atoms with van der Waals surface area (Å²) in [4.78, 5) is 37.1. The Morgan fingerprint density at radius 3 is 2.14 bits per heavy atom. The van der Waals surface area contributed by atoms with Crippen LogP contribution >= 0.6 is 0 Å². The van der Waals surface area contributed by atoms with E-state index >= 15 is 0 Å². The highest BCUT2D eigenvalue weighted by molar-refractivity contribution is 5.98. The van der Waals surface area contributed by atoms with Crippen molar-refractivity contribution in [1.29, 1.82) is 0 Å². The summed E-state index contributed by atoms with van der Waals surface area (Å²) in [7, 11) is 0. The van der Waals surface area contributed by atoms with Crippen LogP contribution in [-0.2, 0) is 20.7 Å². The van der Waals surface area contributed by atoms with Crippen molar-refractivity contribution in [2.45, 2.75) is 38.6 Å². The zero-order valence-corrected chi connectivity index (χ0v) is 19.6. The molecule has 0 aliphatic rings. The lowest BCUT2D eigenvalue weighted by atomic mass is 10.0. The quantitative estimate of drug-likeness (QED) is 0.302. The summed E-state index contributed by atoms with van der Waals surface area (Å²) in [6.07, 6.45) is -5.56. The second-order valence-corrected chi connectivity index (χ2v) is 7.51. The highest BCUT2D eigenvalue weighted by atomic mass is 19.4. The number of hydrogen-bond acceptors (Lipinski definition) is 6. The minimum Gasteiger partial charge on any atom is -0.493 e. The van der Waals surface area contributed by atoms with Gasteiger partial charge in [-0.25, -0.2) is 0 Å². The van der Waals surface area contributed by atoms with Crippen LogP contribution in [0, 0.1) is 0 Å².